The van der Waals surface area contributed by atoms with E-state index in [9.17, 15) is 9.59 Å². The molecular formula is C18H28O7. The molecule has 3 unspecified atom stereocenters. The maximum Gasteiger partial charge on any atom is 0.127 e. The first kappa shape index (κ1) is 23.4. The highest BCUT2D eigenvalue weighted by molar-refractivity contribution is 5.68. The highest BCUT2D eigenvalue weighted by atomic mass is 16.5. The number of aliphatic hydroxyl groups excluding tert-OH is 4. The molecule has 0 aromatic heterocycles. The van der Waals surface area contributed by atoms with E-state index in [2.05, 4.69) is 0 Å². The standard InChI is InChI=1S/C10H10O2.C8H18O5/c11-7-6-10(8-12)9-4-2-1-3-5-9;9-4-7(11)2-1-3-13-6-8(12)5-10/h1-5,7-8,10H,6H2;7-12H,1-6H2. The average Bonchev–Trinajstić information content (AvgIpc) is 2.66. The van der Waals surface area contributed by atoms with Gasteiger partial charge in [-0.15, -0.1) is 0 Å². The van der Waals surface area contributed by atoms with Gasteiger partial charge >= 0.3 is 0 Å². The van der Waals surface area contributed by atoms with Gasteiger partial charge in [0.15, 0.2) is 0 Å². The van der Waals surface area contributed by atoms with Gasteiger partial charge in [-0.3, -0.25) is 0 Å². The molecule has 0 aliphatic carbocycles. The van der Waals surface area contributed by atoms with Gasteiger partial charge in [-0.25, -0.2) is 0 Å². The number of hydrogen-bond acceptors (Lipinski definition) is 7. The number of rotatable bonds is 12. The molecule has 0 heterocycles. The average molecular weight is 356 g/mol. The minimum atomic E-state index is -0.831. The summed E-state index contributed by atoms with van der Waals surface area (Å²) in [5.41, 5.74) is 0.902. The minimum absolute atomic E-state index is 0.103. The van der Waals surface area contributed by atoms with Crippen molar-refractivity contribution in [2.24, 2.45) is 0 Å². The Morgan fingerprint density at radius 3 is 2.16 bits per heavy atom. The Morgan fingerprint density at radius 1 is 1.00 bits per heavy atom. The largest absolute Gasteiger partial charge is 0.394 e. The number of carbonyl (C=O) groups excluding carboxylic acids is 2. The van der Waals surface area contributed by atoms with Crippen LogP contribution in [-0.4, -0.2) is 71.6 Å². The van der Waals surface area contributed by atoms with Crippen LogP contribution < -0.4 is 0 Å². The first-order valence-corrected chi connectivity index (χ1v) is 8.18. The Balaban J connectivity index is 0.000000462. The number of ether oxygens (including phenoxy) is 1. The van der Waals surface area contributed by atoms with E-state index in [-0.39, 0.29) is 32.2 Å². The normalized spacial score (nSPS) is 13.9. The summed E-state index contributed by atoms with van der Waals surface area (Å²) in [5, 5.41) is 34.6. The van der Waals surface area contributed by atoms with Crippen molar-refractivity contribution in [3.8, 4) is 0 Å². The van der Waals surface area contributed by atoms with Crippen molar-refractivity contribution in [2.45, 2.75) is 37.4 Å². The zero-order valence-electron chi connectivity index (χ0n) is 14.2. The van der Waals surface area contributed by atoms with Crippen molar-refractivity contribution in [3.05, 3.63) is 35.9 Å². The molecule has 0 bridgehead atoms. The van der Waals surface area contributed by atoms with Gasteiger partial charge in [0.1, 0.15) is 18.7 Å². The van der Waals surface area contributed by atoms with Crippen molar-refractivity contribution in [1.82, 2.24) is 0 Å². The van der Waals surface area contributed by atoms with Gasteiger partial charge in [0.2, 0.25) is 0 Å². The summed E-state index contributed by atoms with van der Waals surface area (Å²) in [6.45, 7) is -0.0294. The maximum absolute atomic E-state index is 10.5. The minimum Gasteiger partial charge on any atom is -0.394 e. The predicted octanol–water partition coefficient (Wildman–Crippen LogP) is 0.0477. The van der Waals surface area contributed by atoms with Gasteiger partial charge in [0.25, 0.3) is 0 Å². The molecule has 1 aromatic carbocycles. The molecule has 3 atom stereocenters. The summed E-state index contributed by atoms with van der Waals surface area (Å²) in [5.74, 6) is -0.274. The van der Waals surface area contributed by atoms with Crippen molar-refractivity contribution in [3.63, 3.8) is 0 Å². The lowest BCUT2D eigenvalue weighted by Gasteiger charge is -2.09. The van der Waals surface area contributed by atoms with E-state index in [1.807, 2.05) is 30.3 Å². The first-order valence-electron chi connectivity index (χ1n) is 8.18. The highest BCUT2D eigenvalue weighted by Gasteiger charge is 2.07. The fraction of sp³-hybridized carbons (Fsp3) is 0.556. The van der Waals surface area contributed by atoms with Crippen LogP contribution in [0.5, 0.6) is 0 Å². The molecule has 0 fully saturated rings. The lowest BCUT2D eigenvalue weighted by Crippen LogP contribution is -2.20. The molecule has 0 saturated heterocycles. The van der Waals surface area contributed by atoms with Crippen LogP contribution in [0.25, 0.3) is 0 Å². The number of carbonyl (C=O) groups is 2. The maximum atomic E-state index is 10.5. The van der Waals surface area contributed by atoms with Crippen molar-refractivity contribution in [1.29, 1.82) is 0 Å². The zero-order valence-corrected chi connectivity index (χ0v) is 14.2. The number of benzene rings is 1. The van der Waals surface area contributed by atoms with Crippen LogP contribution in [0.1, 0.15) is 30.7 Å². The predicted molar refractivity (Wildman–Crippen MR) is 92.2 cm³/mol. The number of aldehydes is 2. The van der Waals surface area contributed by atoms with Crippen molar-refractivity contribution >= 4 is 12.6 Å². The van der Waals surface area contributed by atoms with E-state index in [4.69, 9.17) is 25.2 Å². The Hall–Kier alpha value is -1.64. The third kappa shape index (κ3) is 12.4. The summed E-state index contributed by atoms with van der Waals surface area (Å²) < 4.78 is 4.98. The van der Waals surface area contributed by atoms with Gasteiger partial charge in [0, 0.05) is 18.9 Å². The summed E-state index contributed by atoms with van der Waals surface area (Å²) in [6.07, 6.45) is 1.43. The Bertz CT molecular complexity index is 426. The smallest absolute Gasteiger partial charge is 0.127 e. The Labute approximate surface area is 147 Å². The summed E-state index contributed by atoms with van der Waals surface area (Å²) in [6, 6.07) is 9.30. The van der Waals surface area contributed by atoms with Gasteiger partial charge in [-0.05, 0) is 18.4 Å². The molecule has 1 aromatic rings. The van der Waals surface area contributed by atoms with E-state index >= 15 is 0 Å². The highest BCUT2D eigenvalue weighted by Crippen LogP contribution is 2.14. The topological polar surface area (TPSA) is 124 Å². The van der Waals surface area contributed by atoms with Gasteiger partial charge in [-0.2, -0.15) is 0 Å². The second-order valence-electron chi connectivity index (χ2n) is 5.45. The monoisotopic (exact) mass is 356 g/mol. The summed E-state index contributed by atoms with van der Waals surface area (Å²) in [4.78, 5) is 20.7. The number of hydrogen-bond donors (Lipinski definition) is 4. The van der Waals surface area contributed by atoms with Gasteiger partial charge < -0.3 is 34.8 Å². The van der Waals surface area contributed by atoms with E-state index in [1.165, 1.54) is 0 Å². The van der Waals surface area contributed by atoms with Gasteiger partial charge in [-0.1, -0.05) is 30.3 Å². The summed E-state index contributed by atoms with van der Waals surface area (Å²) >= 11 is 0. The van der Waals surface area contributed by atoms with Crippen LogP contribution in [0, 0.1) is 0 Å². The SMILES string of the molecule is O=CCC(C=O)c1ccccc1.OCC(O)CCCOCC(O)CO. The summed E-state index contributed by atoms with van der Waals surface area (Å²) in [7, 11) is 0. The van der Waals surface area contributed by atoms with E-state index < -0.39 is 12.2 Å². The Kier molecular flexibility index (Phi) is 14.8. The second kappa shape index (κ2) is 15.9. The molecule has 0 aliphatic heterocycles. The molecule has 142 valence electrons. The van der Waals surface area contributed by atoms with Crippen molar-refractivity contribution in [2.75, 3.05) is 26.4 Å². The molecule has 7 heteroatoms. The molecule has 0 amide bonds. The van der Waals surface area contributed by atoms with Crippen LogP contribution in [0.15, 0.2) is 30.3 Å². The lowest BCUT2D eigenvalue weighted by molar-refractivity contribution is -0.113. The molecule has 7 nitrogen and oxygen atoms in total. The van der Waals surface area contributed by atoms with Crippen LogP contribution in [0.3, 0.4) is 0 Å². The molecule has 1 rings (SSSR count). The van der Waals surface area contributed by atoms with Crippen LogP contribution in [0.4, 0.5) is 0 Å². The lowest BCUT2D eigenvalue weighted by atomic mass is 9.98. The van der Waals surface area contributed by atoms with Crippen LogP contribution in [-0.2, 0) is 14.3 Å². The third-order valence-electron chi connectivity index (χ3n) is 3.30. The zero-order chi connectivity index (χ0) is 18.9. The molecule has 0 aliphatic rings. The molecule has 0 radical (unpaired) electrons. The van der Waals surface area contributed by atoms with E-state index in [0.29, 0.717) is 19.4 Å². The number of aliphatic hydroxyl groups is 4. The molecule has 25 heavy (non-hydrogen) atoms. The molecule has 0 saturated carbocycles. The first-order chi connectivity index (χ1) is 12.1. The van der Waals surface area contributed by atoms with E-state index in [0.717, 1.165) is 18.1 Å². The fourth-order valence-corrected chi connectivity index (χ4v) is 1.86. The molecule has 4 N–H and O–H groups in total. The second-order valence-corrected chi connectivity index (χ2v) is 5.45. The Morgan fingerprint density at radius 2 is 1.64 bits per heavy atom. The molecule has 0 spiro atoms. The quantitative estimate of drug-likeness (QED) is 0.308. The fourth-order valence-electron chi connectivity index (χ4n) is 1.86. The third-order valence-corrected chi connectivity index (χ3v) is 3.30. The van der Waals surface area contributed by atoms with E-state index in [1.54, 1.807) is 0 Å². The van der Waals surface area contributed by atoms with Gasteiger partial charge in [0.05, 0.1) is 25.9 Å². The van der Waals surface area contributed by atoms with Crippen LogP contribution in [0.2, 0.25) is 0 Å². The van der Waals surface area contributed by atoms with Crippen LogP contribution >= 0.6 is 0 Å². The van der Waals surface area contributed by atoms with Crippen molar-refractivity contribution < 1.29 is 34.8 Å². The molecular weight excluding hydrogens is 328 g/mol.